The van der Waals surface area contributed by atoms with Gasteiger partial charge in [0.2, 0.25) is 0 Å². The van der Waals surface area contributed by atoms with E-state index in [2.05, 4.69) is 0 Å². The lowest BCUT2D eigenvalue weighted by Gasteiger charge is -2.19. The van der Waals surface area contributed by atoms with Crippen molar-refractivity contribution >= 4 is 29.1 Å². The lowest BCUT2D eigenvalue weighted by Crippen LogP contribution is -2.31. The molecule has 0 aliphatic heterocycles. The molecule has 0 N–H and O–H groups in total. The van der Waals surface area contributed by atoms with E-state index in [1.165, 1.54) is 23.1 Å². The summed E-state index contributed by atoms with van der Waals surface area (Å²) in [5.74, 6) is -0.933. The van der Waals surface area contributed by atoms with Crippen molar-refractivity contribution in [2.45, 2.75) is 12.3 Å². The molecule has 16 heavy (non-hydrogen) atoms. The molecule has 0 saturated carbocycles. The predicted octanol–water partition coefficient (Wildman–Crippen LogP) is 3.18. The van der Waals surface area contributed by atoms with Crippen molar-refractivity contribution in [2.75, 3.05) is 13.6 Å². The Morgan fingerprint density at radius 2 is 2.19 bits per heavy atom. The number of rotatable bonds is 3. The van der Waals surface area contributed by atoms with Gasteiger partial charge in [-0.25, -0.2) is 4.39 Å². The third kappa shape index (κ3) is 3.09. The minimum Gasteiger partial charge on any atom is -0.340 e. The normalized spacial score (nSPS) is 12.3. The van der Waals surface area contributed by atoms with Crippen molar-refractivity contribution < 1.29 is 9.18 Å². The molecule has 0 saturated heterocycles. The van der Waals surface area contributed by atoms with Crippen LogP contribution in [0.15, 0.2) is 18.2 Å². The van der Waals surface area contributed by atoms with Gasteiger partial charge in [-0.1, -0.05) is 17.7 Å². The number of amides is 1. The Morgan fingerprint density at radius 1 is 1.56 bits per heavy atom. The van der Waals surface area contributed by atoms with Crippen molar-refractivity contribution in [3.63, 3.8) is 0 Å². The van der Waals surface area contributed by atoms with Crippen LogP contribution in [0.1, 0.15) is 17.3 Å². The van der Waals surface area contributed by atoms with Crippen LogP contribution in [0.25, 0.3) is 0 Å². The summed E-state index contributed by atoms with van der Waals surface area (Å²) in [7, 11) is 1.60. The Kier molecular flexibility index (Phi) is 4.56. The van der Waals surface area contributed by atoms with Gasteiger partial charge >= 0.3 is 0 Å². The Labute approximate surface area is 104 Å². The molecule has 0 spiro atoms. The van der Waals surface area contributed by atoms with Gasteiger partial charge in [-0.15, -0.1) is 11.6 Å². The molecular weight excluding hydrogens is 252 g/mol. The minimum atomic E-state index is -0.597. The maximum atomic E-state index is 13.1. The van der Waals surface area contributed by atoms with Gasteiger partial charge in [-0.3, -0.25) is 4.79 Å². The Morgan fingerprint density at radius 3 is 2.75 bits per heavy atom. The Hall–Kier alpha value is -0.800. The van der Waals surface area contributed by atoms with Crippen LogP contribution in [0.4, 0.5) is 4.39 Å². The molecule has 0 heterocycles. The molecule has 88 valence electrons. The van der Waals surface area contributed by atoms with E-state index < -0.39 is 5.82 Å². The SMILES string of the molecule is CC(Cl)CN(C)C(=O)c1cccc(F)c1Cl. The second kappa shape index (κ2) is 5.51. The van der Waals surface area contributed by atoms with Crippen LogP contribution in [0, 0.1) is 5.82 Å². The number of benzene rings is 1. The molecular formula is C11H12Cl2FNO. The summed E-state index contributed by atoms with van der Waals surface area (Å²) in [4.78, 5) is 13.3. The molecule has 0 bridgehead atoms. The zero-order valence-electron chi connectivity index (χ0n) is 9.01. The summed E-state index contributed by atoms with van der Waals surface area (Å²) in [6.07, 6.45) is 0. The number of carbonyl (C=O) groups is 1. The smallest absolute Gasteiger partial charge is 0.255 e. The molecule has 1 rings (SSSR count). The highest BCUT2D eigenvalue weighted by Gasteiger charge is 2.18. The van der Waals surface area contributed by atoms with E-state index in [0.717, 1.165) is 0 Å². The molecule has 0 fully saturated rings. The first-order valence-electron chi connectivity index (χ1n) is 4.77. The lowest BCUT2D eigenvalue weighted by atomic mass is 10.2. The number of hydrogen-bond acceptors (Lipinski definition) is 1. The maximum Gasteiger partial charge on any atom is 0.255 e. The predicted molar refractivity (Wildman–Crippen MR) is 63.7 cm³/mol. The largest absolute Gasteiger partial charge is 0.340 e. The number of nitrogens with zero attached hydrogens (tertiary/aromatic N) is 1. The molecule has 2 nitrogen and oxygen atoms in total. The Balaban J connectivity index is 2.92. The highest BCUT2D eigenvalue weighted by Crippen LogP contribution is 2.21. The van der Waals surface area contributed by atoms with Crippen molar-refractivity contribution in [2.24, 2.45) is 0 Å². The molecule has 0 aliphatic carbocycles. The topological polar surface area (TPSA) is 20.3 Å². The first-order chi connectivity index (χ1) is 7.43. The molecule has 1 atom stereocenters. The highest BCUT2D eigenvalue weighted by molar-refractivity contribution is 6.34. The molecule has 1 aromatic carbocycles. The summed E-state index contributed by atoms with van der Waals surface area (Å²) in [5, 5.41) is -0.317. The second-order valence-corrected chi connectivity index (χ2v) is 4.69. The van der Waals surface area contributed by atoms with Crippen LogP contribution >= 0.6 is 23.2 Å². The fourth-order valence-electron chi connectivity index (χ4n) is 1.33. The van der Waals surface area contributed by atoms with Gasteiger partial charge in [-0.05, 0) is 19.1 Å². The zero-order chi connectivity index (χ0) is 12.3. The van der Waals surface area contributed by atoms with E-state index in [9.17, 15) is 9.18 Å². The van der Waals surface area contributed by atoms with Crippen LogP contribution in [0.2, 0.25) is 5.02 Å². The van der Waals surface area contributed by atoms with Crippen molar-refractivity contribution in [3.05, 3.63) is 34.6 Å². The summed E-state index contributed by atoms with van der Waals surface area (Å²) in [6, 6.07) is 4.15. The van der Waals surface area contributed by atoms with Gasteiger partial charge in [0.15, 0.2) is 0 Å². The molecule has 1 aromatic rings. The number of halogens is 3. The van der Waals surface area contributed by atoms with Crippen LogP contribution in [-0.4, -0.2) is 29.8 Å². The highest BCUT2D eigenvalue weighted by atomic mass is 35.5. The van der Waals surface area contributed by atoms with E-state index in [1.807, 2.05) is 0 Å². The summed E-state index contributed by atoms with van der Waals surface area (Å²) >= 11 is 11.5. The van der Waals surface area contributed by atoms with Crippen LogP contribution in [-0.2, 0) is 0 Å². The van der Waals surface area contributed by atoms with E-state index in [-0.39, 0.29) is 21.9 Å². The molecule has 5 heteroatoms. The van der Waals surface area contributed by atoms with Crippen molar-refractivity contribution in [1.29, 1.82) is 0 Å². The molecule has 0 aromatic heterocycles. The Bertz CT molecular complexity index is 396. The van der Waals surface area contributed by atoms with Crippen molar-refractivity contribution in [3.8, 4) is 0 Å². The molecule has 0 aliphatic rings. The van der Waals surface area contributed by atoms with Crippen LogP contribution < -0.4 is 0 Å². The summed E-state index contributed by atoms with van der Waals surface area (Å²) in [5.41, 5.74) is 0.154. The van der Waals surface area contributed by atoms with E-state index in [4.69, 9.17) is 23.2 Å². The average molecular weight is 264 g/mol. The minimum absolute atomic E-state index is 0.151. The number of carbonyl (C=O) groups excluding carboxylic acids is 1. The molecule has 0 radical (unpaired) electrons. The lowest BCUT2D eigenvalue weighted by molar-refractivity contribution is 0.0796. The van der Waals surface area contributed by atoms with Crippen molar-refractivity contribution in [1.82, 2.24) is 4.90 Å². The van der Waals surface area contributed by atoms with Gasteiger partial charge in [0.1, 0.15) is 5.82 Å². The second-order valence-electron chi connectivity index (χ2n) is 3.57. The molecule has 1 unspecified atom stereocenters. The number of alkyl halides is 1. The van der Waals surface area contributed by atoms with Gasteiger partial charge < -0.3 is 4.90 Å². The van der Waals surface area contributed by atoms with Crippen LogP contribution in [0.3, 0.4) is 0 Å². The van der Waals surface area contributed by atoms with E-state index in [0.29, 0.717) is 6.54 Å². The zero-order valence-corrected chi connectivity index (χ0v) is 10.5. The first kappa shape index (κ1) is 13.3. The summed E-state index contributed by atoms with van der Waals surface area (Å²) < 4.78 is 13.1. The van der Waals surface area contributed by atoms with Gasteiger partial charge in [-0.2, -0.15) is 0 Å². The third-order valence-corrected chi connectivity index (χ3v) is 2.58. The molecule has 1 amide bonds. The third-order valence-electron chi connectivity index (χ3n) is 2.05. The van der Waals surface area contributed by atoms with Gasteiger partial charge in [0, 0.05) is 19.0 Å². The average Bonchev–Trinajstić information content (AvgIpc) is 2.20. The maximum absolute atomic E-state index is 13.1. The van der Waals surface area contributed by atoms with E-state index in [1.54, 1.807) is 14.0 Å². The van der Waals surface area contributed by atoms with Gasteiger partial charge in [0.25, 0.3) is 5.91 Å². The summed E-state index contributed by atoms with van der Waals surface area (Å²) in [6.45, 7) is 2.16. The fraction of sp³-hybridized carbons (Fsp3) is 0.364. The van der Waals surface area contributed by atoms with E-state index >= 15 is 0 Å². The van der Waals surface area contributed by atoms with Crippen LogP contribution in [0.5, 0.6) is 0 Å². The quantitative estimate of drug-likeness (QED) is 0.768. The number of hydrogen-bond donors (Lipinski definition) is 0. The first-order valence-corrected chi connectivity index (χ1v) is 5.58. The monoisotopic (exact) mass is 263 g/mol. The fourth-order valence-corrected chi connectivity index (χ4v) is 1.75. The standard InChI is InChI=1S/C11H12Cl2FNO/c1-7(12)6-15(2)11(16)8-4-3-5-9(14)10(8)13/h3-5,7H,6H2,1-2H3. The van der Waals surface area contributed by atoms with Gasteiger partial charge in [0.05, 0.1) is 10.6 Å².